The number of aromatic nitrogens is 1. The standard InChI is InChI=1S/C17H21F3N4S.HI/c1-2-21-16(23-11-9-17(18,19)20)22-10-8-14-12-25-15(24-14)13-6-4-3-5-7-13;/h3-7,12H,2,8-11H2,1H3,(H2,21,22,23);1H. The lowest BCUT2D eigenvalue weighted by Crippen LogP contribution is -2.38. The lowest BCUT2D eigenvalue weighted by molar-refractivity contribution is -0.132. The van der Waals surface area contributed by atoms with Crippen LogP contribution in [0.2, 0.25) is 0 Å². The molecule has 0 unspecified atom stereocenters. The van der Waals surface area contributed by atoms with E-state index < -0.39 is 12.6 Å². The third kappa shape index (κ3) is 8.35. The molecule has 9 heteroatoms. The molecule has 1 aromatic carbocycles. The molecule has 2 N–H and O–H groups in total. The molecule has 0 aliphatic carbocycles. The van der Waals surface area contributed by atoms with Gasteiger partial charge in [-0.05, 0) is 6.92 Å². The third-order valence-electron chi connectivity index (χ3n) is 3.26. The van der Waals surface area contributed by atoms with E-state index in [4.69, 9.17) is 0 Å². The van der Waals surface area contributed by atoms with Crippen molar-refractivity contribution in [1.82, 2.24) is 15.6 Å². The van der Waals surface area contributed by atoms with E-state index in [1.54, 1.807) is 11.3 Å². The number of thiazole rings is 1. The predicted molar refractivity (Wildman–Crippen MR) is 111 cm³/mol. The first-order valence-corrected chi connectivity index (χ1v) is 8.94. The lowest BCUT2D eigenvalue weighted by atomic mass is 10.2. The van der Waals surface area contributed by atoms with Gasteiger partial charge < -0.3 is 10.6 Å². The molecule has 0 atom stereocenters. The number of nitrogens with zero attached hydrogens (tertiary/aromatic N) is 2. The molecule has 0 saturated heterocycles. The summed E-state index contributed by atoms with van der Waals surface area (Å²) in [6.07, 6.45) is -4.43. The molecule has 2 aromatic rings. The van der Waals surface area contributed by atoms with Gasteiger partial charge >= 0.3 is 6.18 Å². The second kappa shape index (κ2) is 11.4. The van der Waals surface area contributed by atoms with Crippen LogP contribution in [0.1, 0.15) is 19.0 Å². The van der Waals surface area contributed by atoms with E-state index in [1.165, 1.54) is 0 Å². The first-order valence-electron chi connectivity index (χ1n) is 8.06. The molecule has 0 spiro atoms. The lowest BCUT2D eigenvalue weighted by Gasteiger charge is -2.11. The zero-order valence-corrected chi connectivity index (χ0v) is 17.5. The van der Waals surface area contributed by atoms with Gasteiger partial charge in [0.2, 0.25) is 0 Å². The van der Waals surface area contributed by atoms with Crippen LogP contribution in [-0.4, -0.2) is 36.8 Å². The SMILES string of the molecule is CCNC(=NCCC(F)(F)F)NCCc1csc(-c2ccccc2)n1.I. The van der Waals surface area contributed by atoms with E-state index in [0.717, 1.165) is 16.3 Å². The molecular formula is C17H22F3IN4S. The maximum Gasteiger partial charge on any atom is 0.390 e. The molecular weight excluding hydrogens is 476 g/mol. The van der Waals surface area contributed by atoms with Crippen molar-refractivity contribution in [2.45, 2.75) is 25.9 Å². The summed E-state index contributed by atoms with van der Waals surface area (Å²) in [5.41, 5.74) is 2.02. The molecule has 1 heterocycles. The predicted octanol–water partition coefficient (Wildman–Crippen LogP) is 4.48. The Hall–Kier alpha value is -1.36. The highest BCUT2D eigenvalue weighted by Gasteiger charge is 2.26. The number of hydrogen-bond donors (Lipinski definition) is 2. The number of halogens is 4. The number of aliphatic imine (C=N–C) groups is 1. The van der Waals surface area contributed by atoms with E-state index >= 15 is 0 Å². The molecule has 1 aromatic heterocycles. The summed E-state index contributed by atoms with van der Waals surface area (Å²) in [4.78, 5) is 8.53. The van der Waals surface area contributed by atoms with Gasteiger partial charge in [-0.15, -0.1) is 35.3 Å². The minimum atomic E-state index is -4.19. The maximum absolute atomic E-state index is 12.2. The number of nitrogens with one attached hydrogen (secondary N) is 2. The summed E-state index contributed by atoms with van der Waals surface area (Å²) in [7, 11) is 0. The van der Waals surface area contributed by atoms with Crippen LogP contribution < -0.4 is 10.6 Å². The van der Waals surface area contributed by atoms with Gasteiger partial charge in [0, 0.05) is 30.5 Å². The number of hydrogen-bond acceptors (Lipinski definition) is 3. The molecule has 0 bridgehead atoms. The Morgan fingerprint density at radius 3 is 2.58 bits per heavy atom. The summed E-state index contributed by atoms with van der Waals surface area (Å²) in [5.74, 6) is 0.394. The minimum absolute atomic E-state index is 0. The van der Waals surface area contributed by atoms with Gasteiger partial charge in [-0.25, -0.2) is 4.98 Å². The van der Waals surface area contributed by atoms with Crippen LogP contribution in [0.4, 0.5) is 13.2 Å². The van der Waals surface area contributed by atoms with Gasteiger partial charge in [0.1, 0.15) is 5.01 Å². The Balaban J connectivity index is 0.00000338. The number of alkyl halides is 3. The number of benzene rings is 1. The van der Waals surface area contributed by atoms with Crippen molar-refractivity contribution < 1.29 is 13.2 Å². The van der Waals surface area contributed by atoms with E-state index in [-0.39, 0.29) is 30.5 Å². The zero-order chi connectivity index (χ0) is 18.1. The summed E-state index contributed by atoms with van der Waals surface area (Å²) in [5, 5.41) is 8.94. The first kappa shape index (κ1) is 22.7. The van der Waals surface area contributed by atoms with Crippen molar-refractivity contribution in [3.05, 3.63) is 41.4 Å². The Morgan fingerprint density at radius 2 is 1.92 bits per heavy atom. The second-order valence-corrected chi connectivity index (χ2v) is 6.17. The molecule has 0 fully saturated rings. The summed E-state index contributed by atoms with van der Waals surface area (Å²) < 4.78 is 36.6. The topological polar surface area (TPSA) is 49.3 Å². The van der Waals surface area contributed by atoms with Gasteiger partial charge in [0.15, 0.2) is 5.96 Å². The van der Waals surface area contributed by atoms with Crippen LogP contribution in [0.25, 0.3) is 10.6 Å². The highest BCUT2D eigenvalue weighted by Crippen LogP contribution is 2.23. The molecule has 0 saturated carbocycles. The summed E-state index contributed by atoms with van der Waals surface area (Å²) in [6.45, 7) is 2.73. The van der Waals surface area contributed by atoms with E-state index in [9.17, 15) is 13.2 Å². The third-order valence-corrected chi connectivity index (χ3v) is 4.20. The van der Waals surface area contributed by atoms with Gasteiger partial charge in [0.05, 0.1) is 18.7 Å². The molecule has 0 amide bonds. The summed E-state index contributed by atoms with van der Waals surface area (Å²) in [6, 6.07) is 9.92. The number of rotatable bonds is 7. The highest BCUT2D eigenvalue weighted by molar-refractivity contribution is 14.0. The van der Waals surface area contributed by atoms with Crippen molar-refractivity contribution in [2.75, 3.05) is 19.6 Å². The van der Waals surface area contributed by atoms with Crippen molar-refractivity contribution >= 4 is 41.3 Å². The molecule has 4 nitrogen and oxygen atoms in total. The molecule has 0 aliphatic heterocycles. The van der Waals surface area contributed by atoms with Crippen LogP contribution in [0.5, 0.6) is 0 Å². The van der Waals surface area contributed by atoms with Crippen LogP contribution in [0, 0.1) is 0 Å². The van der Waals surface area contributed by atoms with Gasteiger partial charge in [-0.3, -0.25) is 4.99 Å². The second-order valence-electron chi connectivity index (χ2n) is 5.31. The van der Waals surface area contributed by atoms with E-state index in [2.05, 4.69) is 20.6 Å². The zero-order valence-electron chi connectivity index (χ0n) is 14.3. The van der Waals surface area contributed by atoms with Crippen molar-refractivity contribution in [1.29, 1.82) is 0 Å². The average molecular weight is 498 g/mol. The van der Waals surface area contributed by atoms with Crippen molar-refractivity contribution in [2.24, 2.45) is 4.99 Å². The van der Waals surface area contributed by atoms with Crippen LogP contribution >= 0.6 is 35.3 Å². The van der Waals surface area contributed by atoms with Crippen molar-refractivity contribution in [3.8, 4) is 10.6 Å². The quantitative estimate of drug-likeness (QED) is 0.337. The molecule has 0 aliphatic rings. The van der Waals surface area contributed by atoms with E-state index in [1.807, 2.05) is 42.6 Å². The average Bonchev–Trinajstić information content (AvgIpc) is 3.03. The fourth-order valence-electron chi connectivity index (χ4n) is 2.08. The first-order chi connectivity index (χ1) is 12.0. The van der Waals surface area contributed by atoms with Crippen LogP contribution in [-0.2, 0) is 6.42 Å². The molecule has 144 valence electrons. The van der Waals surface area contributed by atoms with Crippen LogP contribution in [0.15, 0.2) is 40.7 Å². The Labute approximate surface area is 172 Å². The summed E-state index contributed by atoms with van der Waals surface area (Å²) >= 11 is 1.58. The highest BCUT2D eigenvalue weighted by atomic mass is 127. The fraction of sp³-hybridized carbons (Fsp3) is 0.412. The Morgan fingerprint density at radius 1 is 1.19 bits per heavy atom. The largest absolute Gasteiger partial charge is 0.390 e. The maximum atomic E-state index is 12.2. The Bertz CT molecular complexity index is 674. The normalized spacial score (nSPS) is 11.8. The molecule has 2 rings (SSSR count). The minimum Gasteiger partial charge on any atom is -0.357 e. The van der Waals surface area contributed by atoms with E-state index in [0.29, 0.717) is 25.5 Å². The van der Waals surface area contributed by atoms with Crippen LogP contribution in [0.3, 0.4) is 0 Å². The van der Waals surface area contributed by atoms with Gasteiger partial charge in [0.25, 0.3) is 0 Å². The fourth-order valence-corrected chi connectivity index (χ4v) is 2.94. The van der Waals surface area contributed by atoms with Gasteiger partial charge in [-0.1, -0.05) is 30.3 Å². The molecule has 0 radical (unpaired) electrons. The van der Waals surface area contributed by atoms with Gasteiger partial charge in [-0.2, -0.15) is 13.2 Å². The smallest absolute Gasteiger partial charge is 0.357 e. The number of guanidine groups is 1. The van der Waals surface area contributed by atoms with Crippen molar-refractivity contribution in [3.63, 3.8) is 0 Å². The molecule has 26 heavy (non-hydrogen) atoms. The monoisotopic (exact) mass is 498 g/mol. The Kier molecular flexibility index (Phi) is 9.92.